The topological polar surface area (TPSA) is 134 Å². The van der Waals surface area contributed by atoms with Crippen molar-refractivity contribution in [1.29, 1.82) is 0 Å². The normalized spacial score (nSPS) is 15.0. The Morgan fingerprint density at radius 2 is 2.16 bits per heavy atom. The molecule has 10 nitrogen and oxygen atoms in total. The Balaban J connectivity index is 1.72. The van der Waals surface area contributed by atoms with Crippen molar-refractivity contribution in [1.82, 2.24) is 0 Å². The van der Waals surface area contributed by atoms with Gasteiger partial charge >= 0.3 is 17.6 Å². The van der Waals surface area contributed by atoms with Gasteiger partial charge in [-0.05, 0) is 12.1 Å². The van der Waals surface area contributed by atoms with Crippen LogP contribution in [0.3, 0.4) is 0 Å². The number of carbonyl (C=O) groups is 1. The van der Waals surface area contributed by atoms with Crippen molar-refractivity contribution in [2.45, 2.75) is 17.9 Å². The van der Waals surface area contributed by atoms with Crippen molar-refractivity contribution in [2.24, 2.45) is 0 Å². The Hall–Kier alpha value is -2.96. The van der Waals surface area contributed by atoms with Gasteiger partial charge in [0.2, 0.25) is 5.58 Å². The van der Waals surface area contributed by atoms with Crippen LogP contribution in [0.5, 0.6) is 5.75 Å². The molecular formula is C19H19N2O8S2+. The van der Waals surface area contributed by atoms with Crippen molar-refractivity contribution in [3.63, 3.8) is 0 Å². The summed E-state index contributed by atoms with van der Waals surface area (Å²) in [6.45, 7) is -0.0532. The van der Waals surface area contributed by atoms with Crippen LogP contribution in [0.1, 0.15) is 12.3 Å². The zero-order valence-corrected chi connectivity index (χ0v) is 18.0. The molecule has 0 spiro atoms. The smallest absolute Gasteiger partial charge is 0.420 e. The Kier molecular flexibility index (Phi) is 5.69. The molecule has 4 rings (SSSR count). The number of hydrogen-bond donors (Lipinski definition) is 2. The highest BCUT2D eigenvalue weighted by Gasteiger charge is 2.31. The van der Waals surface area contributed by atoms with Crippen LogP contribution in [0.2, 0.25) is 0 Å². The molecule has 0 aliphatic carbocycles. The van der Waals surface area contributed by atoms with Crippen molar-refractivity contribution < 1.29 is 41.0 Å². The summed E-state index contributed by atoms with van der Waals surface area (Å²) >= 11 is 1.38. The molecule has 0 radical (unpaired) electrons. The third kappa shape index (κ3) is 4.55. The van der Waals surface area contributed by atoms with Crippen LogP contribution in [0, 0.1) is 0 Å². The number of rotatable bonds is 8. The number of oxazole rings is 1. The molecule has 12 heteroatoms. The van der Waals surface area contributed by atoms with E-state index in [0.29, 0.717) is 33.7 Å². The molecule has 0 saturated heterocycles. The number of ether oxygens (including phenoxy) is 1. The highest BCUT2D eigenvalue weighted by molar-refractivity contribution is 8.03. The fourth-order valence-corrected chi connectivity index (χ4v) is 4.84. The zero-order valence-electron chi connectivity index (χ0n) is 16.3. The lowest BCUT2D eigenvalue weighted by Gasteiger charge is -2.17. The first-order chi connectivity index (χ1) is 14.7. The largest absolute Gasteiger partial charge is 0.497 e. The molecule has 0 fully saturated rings. The number of hydrogen-bond acceptors (Lipinski definition) is 8. The first kappa shape index (κ1) is 21.3. The molecule has 2 N–H and O–H groups in total. The van der Waals surface area contributed by atoms with E-state index in [1.807, 2.05) is 6.07 Å². The van der Waals surface area contributed by atoms with Gasteiger partial charge in [0.25, 0.3) is 10.1 Å². The molecule has 0 atom stereocenters. The summed E-state index contributed by atoms with van der Waals surface area (Å²) < 4.78 is 49.4. The number of benzene rings is 1. The maximum absolute atomic E-state index is 11.5. The molecule has 0 saturated carbocycles. The summed E-state index contributed by atoms with van der Waals surface area (Å²) in [7, 11) is -2.56. The van der Waals surface area contributed by atoms with Gasteiger partial charge in [0, 0.05) is 23.4 Å². The average Bonchev–Trinajstić information content (AvgIpc) is 3.36. The minimum Gasteiger partial charge on any atom is -0.497 e. The summed E-state index contributed by atoms with van der Waals surface area (Å²) in [5.41, 5.74) is 1.57. The predicted molar refractivity (Wildman–Crippen MR) is 112 cm³/mol. The van der Waals surface area contributed by atoms with E-state index < -0.39 is 21.8 Å². The van der Waals surface area contributed by atoms with Crippen LogP contribution in [0.15, 0.2) is 49.3 Å². The van der Waals surface area contributed by atoms with Gasteiger partial charge < -0.3 is 23.6 Å². The molecule has 2 aromatic heterocycles. The van der Waals surface area contributed by atoms with E-state index in [1.54, 1.807) is 33.7 Å². The minimum atomic E-state index is -4.10. The monoisotopic (exact) mass is 467 g/mol. The minimum absolute atomic E-state index is 0.137. The molecule has 1 aliphatic heterocycles. The Morgan fingerprint density at radius 3 is 2.87 bits per heavy atom. The molecule has 3 aromatic rings. The number of furan rings is 1. The molecule has 1 aromatic carbocycles. The number of fused-ring (bicyclic) bond motifs is 2. The van der Waals surface area contributed by atoms with E-state index in [9.17, 15) is 18.3 Å². The number of aliphatic carboxylic acids is 1. The van der Waals surface area contributed by atoms with Crippen LogP contribution in [0.4, 0.5) is 5.69 Å². The zero-order chi connectivity index (χ0) is 22.2. The third-order valence-corrected chi connectivity index (χ3v) is 6.51. The highest BCUT2D eigenvalue weighted by atomic mass is 32.2. The quantitative estimate of drug-likeness (QED) is 0.376. The third-order valence-electron chi connectivity index (χ3n) is 4.60. The number of methoxy groups -OCH3 is 1. The van der Waals surface area contributed by atoms with Gasteiger partial charge in [-0.15, -0.1) is 4.57 Å². The summed E-state index contributed by atoms with van der Waals surface area (Å²) in [6.07, 6.45) is 3.27. The number of thioether (sulfide) groups is 1. The fraction of sp³-hybridized carbons (Fsp3) is 0.263. The summed E-state index contributed by atoms with van der Waals surface area (Å²) in [4.78, 5) is 14.0. The van der Waals surface area contributed by atoms with Crippen molar-refractivity contribution in [2.75, 3.05) is 24.3 Å². The molecule has 164 valence electrons. The van der Waals surface area contributed by atoms with E-state index in [0.717, 1.165) is 4.90 Å². The highest BCUT2D eigenvalue weighted by Crippen LogP contribution is 2.47. The van der Waals surface area contributed by atoms with Gasteiger partial charge in [0.1, 0.15) is 18.6 Å². The number of nitrogens with zero attached hydrogens (tertiary/aromatic N) is 2. The van der Waals surface area contributed by atoms with E-state index >= 15 is 0 Å². The van der Waals surface area contributed by atoms with Crippen LogP contribution >= 0.6 is 11.8 Å². The average molecular weight is 468 g/mol. The maximum atomic E-state index is 11.5. The van der Waals surface area contributed by atoms with E-state index in [-0.39, 0.29) is 19.5 Å². The van der Waals surface area contributed by atoms with Crippen LogP contribution in [0.25, 0.3) is 17.4 Å². The van der Waals surface area contributed by atoms with Gasteiger partial charge in [-0.2, -0.15) is 8.42 Å². The van der Waals surface area contributed by atoms with Gasteiger partial charge in [0.15, 0.2) is 6.54 Å². The van der Waals surface area contributed by atoms with Crippen molar-refractivity contribution in [3.8, 4) is 5.75 Å². The molecule has 3 heterocycles. The number of carboxylic acid groups (broad SMARTS) is 1. The molecule has 0 bridgehead atoms. The SMILES string of the molecule is COc1ccc2c(c1)N(CC(=O)O)C(=Cc1oc3ccoc3[n+]1CCCS(=O)(=O)O)S2. The first-order valence-corrected chi connectivity index (χ1v) is 11.6. The number of carboxylic acids is 1. The Morgan fingerprint density at radius 1 is 1.35 bits per heavy atom. The lowest BCUT2D eigenvalue weighted by Crippen LogP contribution is -2.36. The number of anilines is 1. The maximum Gasteiger partial charge on any atom is 0.420 e. The van der Waals surface area contributed by atoms with E-state index in [4.69, 9.17) is 18.1 Å². The number of aryl methyl sites for hydroxylation is 1. The summed E-state index contributed by atoms with van der Waals surface area (Å²) in [5, 5.41) is 10.0. The molecule has 0 amide bonds. The van der Waals surface area contributed by atoms with E-state index in [2.05, 4.69) is 0 Å². The van der Waals surface area contributed by atoms with Crippen LogP contribution in [-0.4, -0.2) is 43.5 Å². The van der Waals surface area contributed by atoms with Crippen molar-refractivity contribution in [3.05, 3.63) is 41.4 Å². The van der Waals surface area contributed by atoms with Gasteiger partial charge in [-0.3, -0.25) is 9.35 Å². The standard InChI is InChI=1S/C19H18N2O8S2/c1-27-12-3-4-15-13(9-12)21(11-18(22)23)17(30-15)10-16-20(6-2-8-31(24,25)26)19-14(29-16)5-7-28-19/h3-5,7,9-10H,2,6,8,11H2,1H3,(H-,22,23,24,25,26)/p+1. The lowest BCUT2D eigenvalue weighted by atomic mass is 10.2. The molecule has 31 heavy (non-hydrogen) atoms. The lowest BCUT2D eigenvalue weighted by molar-refractivity contribution is -0.683. The second-order valence-electron chi connectivity index (χ2n) is 6.72. The number of aromatic nitrogens is 1. The van der Waals surface area contributed by atoms with Crippen LogP contribution < -0.4 is 14.2 Å². The molecule has 1 aliphatic rings. The summed E-state index contributed by atoms with van der Waals surface area (Å²) in [5.74, 6) is -0.445. The van der Waals surface area contributed by atoms with Gasteiger partial charge in [-0.1, -0.05) is 11.8 Å². The second kappa shape index (κ2) is 8.29. The van der Waals surface area contributed by atoms with Gasteiger partial charge in [0.05, 0.1) is 29.7 Å². The van der Waals surface area contributed by atoms with Crippen LogP contribution in [-0.2, 0) is 21.5 Å². The van der Waals surface area contributed by atoms with Crippen molar-refractivity contribution >= 4 is 50.9 Å². The summed E-state index contributed by atoms with van der Waals surface area (Å²) in [6, 6.07) is 7.04. The Bertz CT molecular complexity index is 1280. The van der Waals surface area contributed by atoms with E-state index in [1.165, 1.54) is 25.1 Å². The fourth-order valence-electron chi connectivity index (χ4n) is 3.28. The van der Waals surface area contributed by atoms with Gasteiger partial charge in [-0.25, -0.2) is 0 Å². The Labute approximate surface area is 181 Å². The first-order valence-electron chi connectivity index (χ1n) is 9.17. The molecular weight excluding hydrogens is 448 g/mol. The molecule has 0 unspecified atom stereocenters. The second-order valence-corrected chi connectivity index (χ2v) is 9.35. The predicted octanol–water partition coefficient (Wildman–Crippen LogP) is 2.60.